The number of rotatable bonds is 7. The summed E-state index contributed by atoms with van der Waals surface area (Å²) in [4.78, 5) is 37.2. The first-order valence-corrected chi connectivity index (χ1v) is 10.0. The number of aromatic nitrogens is 1. The zero-order valence-electron chi connectivity index (χ0n) is 16.9. The van der Waals surface area contributed by atoms with Gasteiger partial charge in [-0.2, -0.15) is 0 Å². The van der Waals surface area contributed by atoms with E-state index in [9.17, 15) is 19.5 Å². The number of hydrogen-bond donors (Lipinski definition) is 2. The summed E-state index contributed by atoms with van der Waals surface area (Å²) < 4.78 is 1.71. The van der Waals surface area contributed by atoms with Crippen LogP contribution in [-0.4, -0.2) is 27.6 Å². The Morgan fingerprint density at radius 1 is 1.26 bits per heavy atom. The van der Waals surface area contributed by atoms with Crippen LogP contribution < -0.4 is 10.9 Å². The quantitative estimate of drug-likeness (QED) is 0.764. The SMILES string of the molecule is CC[C@@H](C)[C@H](NC(=O)c1cc(C)c(C)n(CC2CCCCC2)c1=O)C(=O)O. The molecular weight excluding hydrogens is 344 g/mol. The first-order valence-electron chi connectivity index (χ1n) is 10.0. The average molecular weight is 376 g/mol. The highest BCUT2D eigenvalue weighted by molar-refractivity contribution is 5.96. The number of carbonyl (C=O) groups excluding carboxylic acids is 1. The van der Waals surface area contributed by atoms with Crippen LogP contribution in [0.5, 0.6) is 0 Å². The van der Waals surface area contributed by atoms with E-state index >= 15 is 0 Å². The first-order chi connectivity index (χ1) is 12.8. The molecule has 6 heteroatoms. The molecular formula is C21H32N2O4. The standard InChI is InChI=1S/C21H32N2O4/c1-5-13(2)18(21(26)27)22-19(24)17-11-14(3)15(4)23(20(17)25)12-16-9-7-6-8-10-16/h11,13,16,18H,5-10,12H2,1-4H3,(H,22,24)(H,26,27)/t13-,18+/m1/s1. The molecule has 6 nitrogen and oxygen atoms in total. The van der Waals surface area contributed by atoms with Gasteiger partial charge in [0.25, 0.3) is 11.5 Å². The summed E-state index contributed by atoms with van der Waals surface area (Å²) in [7, 11) is 0. The Labute approximate surface area is 161 Å². The predicted octanol–water partition coefficient (Wildman–Crippen LogP) is 3.27. The van der Waals surface area contributed by atoms with Gasteiger partial charge < -0.3 is 15.0 Å². The largest absolute Gasteiger partial charge is 0.480 e. The Morgan fingerprint density at radius 2 is 1.89 bits per heavy atom. The van der Waals surface area contributed by atoms with Crippen LogP contribution in [-0.2, 0) is 11.3 Å². The molecule has 0 aromatic carbocycles. The van der Waals surface area contributed by atoms with E-state index in [1.54, 1.807) is 17.6 Å². The van der Waals surface area contributed by atoms with E-state index in [-0.39, 0.29) is 17.0 Å². The van der Waals surface area contributed by atoms with Crippen LogP contribution in [0.15, 0.2) is 10.9 Å². The number of amides is 1. The zero-order valence-corrected chi connectivity index (χ0v) is 16.9. The van der Waals surface area contributed by atoms with E-state index in [1.165, 1.54) is 19.3 Å². The normalized spacial score (nSPS) is 17.3. The zero-order chi connectivity index (χ0) is 20.1. The number of nitrogens with zero attached hydrogens (tertiary/aromatic N) is 1. The molecule has 1 aliphatic carbocycles. The number of hydrogen-bond acceptors (Lipinski definition) is 3. The predicted molar refractivity (Wildman–Crippen MR) is 105 cm³/mol. The van der Waals surface area contributed by atoms with Crippen molar-refractivity contribution < 1.29 is 14.7 Å². The maximum Gasteiger partial charge on any atom is 0.326 e. The second-order valence-electron chi connectivity index (χ2n) is 7.92. The number of carbonyl (C=O) groups is 2. The van der Waals surface area contributed by atoms with Crippen molar-refractivity contribution >= 4 is 11.9 Å². The maximum absolute atomic E-state index is 13.0. The second-order valence-corrected chi connectivity index (χ2v) is 7.92. The molecule has 0 spiro atoms. The van der Waals surface area contributed by atoms with Crippen molar-refractivity contribution in [3.8, 4) is 0 Å². The van der Waals surface area contributed by atoms with Crippen LogP contribution in [0.25, 0.3) is 0 Å². The molecule has 2 atom stereocenters. The fourth-order valence-electron chi connectivity index (χ4n) is 3.81. The Bertz CT molecular complexity index is 747. The molecule has 0 unspecified atom stereocenters. The summed E-state index contributed by atoms with van der Waals surface area (Å²) >= 11 is 0. The molecule has 0 radical (unpaired) electrons. The highest BCUT2D eigenvalue weighted by Crippen LogP contribution is 2.25. The lowest BCUT2D eigenvalue weighted by atomic mass is 9.89. The van der Waals surface area contributed by atoms with E-state index in [1.807, 2.05) is 20.8 Å². The van der Waals surface area contributed by atoms with Gasteiger partial charge >= 0.3 is 5.97 Å². The van der Waals surface area contributed by atoms with Crippen molar-refractivity contribution in [1.82, 2.24) is 9.88 Å². The van der Waals surface area contributed by atoms with Gasteiger partial charge in [-0.05, 0) is 50.2 Å². The molecule has 0 bridgehead atoms. The van der Waals surface area contributed by atoms with E-state index in [0.29, 0.717) is 18.9 Å². The molecule has 27 heavy (non-hydrogen) atoms. The number of aryl methyl sites for hydroxylation is 1. The summed E-state index contributed by atoms with van der Waals surface area (Å²) in [5.74, 6) is -1.44. The molecule has 1 amide bonds. The van der Waals surface area contributed by atoms with Gasteiger partial charge in [0.05, 0.1) is 0 Å². The molecule has 2 rings (SSSR count). The third-order valence-corrected chi connectivity index (χ3v) is 5.99. The van der Waals surface area contributed by atoms with E-state index in [2.05, 4.69) is 5.32 Å². The van der Waals surface area contributed by atoms with Gasteiger partial charge in [-0.1, -0.05) is 39.5 Å². The molecule has 1 aromatic rings. The topological polar surface area (TPSA) is 88.4 Å². The number of pyridine rings is 1. The summed E-state index contributed by atoms with van der Waals surface area (Å²) in [5, 5.41) is 12.0. The molecule has 2 N–H and O–H groups in total. The lowest BCUT2D eigenvalue weighted by Gasteiger charge is -2.25. The lowest BCUT2D eigenvalue weighted by Crippen LogP contribution is -2.47. The van der Waals surface area contributed by atoms with Crippen LogP contribution in [0.3, 0.4) is 0 Å². The van der Waals surface area contributed by atoms with Gasteiger partial charge in [0.2, 0.25) is 0 Å². The van der Waals surface area contributed by atoms with Gasteiger partial charge in [-0.15, -0.1) is 0 Å². The van der Waals surface area contributed by atoms with Crippen LogP contribution in [0.1, 0.15) is 74.0 Å². The van der Waals surface area contributed by atoms with Crippen LogP contribution in [0.2, 0.25) is 0 Å². The third kappa shape index (κ3) is 4.99. The summed E-state index contributed by atoms with van der Waals surface area (Å²) in [6, 6.07) is 0.579. The van der Waals surface area contributed by atoms with E-state index in [0.717, 1.165) is 24.1 Å². The van der Waals surface area contributed by atoms with Crippen molar-refractivity contribution in [1.29, 1.82) is 0 Å². The van der Waals surface area contributed by atoms with Crippen molar-refractivity contribution in [2.75, 3.05) is 0 Å². The highest BCUT2D eigenvalue weighted by Gasteiger charge is 2.27. The molecule has 0 saturated heterocycles. The smallest absolute Gasteiger partial charge is 0.326 e. The molecule has 150 valence electrons. The molecule has 0 aliphatic heterocycles. The fourth-order valence-corrected chi connectivity index (χ4v) is 3.81. The number of nitrogens with one attached hydrogen (secondary N) is 1. The van der Waals surface area contributed by atoms with Crippen LogP contribution in [0.4, 0.5) is 0 Å². The molecule has 1 saturated carbocycles. The molecule has 1 heterocycles. The van der Waals surface area contributed by atoms with Crippen LogP contribution >= 0.6 is 0 Å². The fraction of sp³-hybridized carbons (Fsp3) is 0.667. The van der Waals surface area contributed by atoms with E-state index in [4.69, 9.17) is 0 Å². The highest BCUT2D eigenvalue weighted by atomic mass is 16.4. The van der Waals surface area contributed by atoms with Crippen LogP contribution in [0, 0.1) is 25.7 Å². The minimum atomic E-state index is -1.08. The number of carboxylic acids is 1. The van der Waals surface area contributed by atoms with Crippen molar-refractivity contribution in [2.45, 2.75) is 78.8 Å². The lowest BCUT2D eigenvalue weighted by molar-refractivity contribution is -0.140. The van der Waals surface area contributed by atoms with Gasteiger partial charge in [-0.25, -0.2) is 4.79 Å². The molecule has 1 fully saturated rings. The number of aliphatic carboxylic acids is 1. The summed E-state index contributed by atoms with van der Waals surface area (Å²) in [6.07, 6.45) is 6.46. The number of carboxylic acid groups (broad SMARTS) is 1. The minimum Gasteiger partial charge on any atom is -0.480 e. The minimum absolute atomic E-state index is 0.0310. The Kier molecular flexibility index (Phi) is 7.22. The Morgan fingerprint density at radius 3 is 2.44 bits per heavy atom. The van der Waals surface area contributed by atoms with Gasteiger partial charge in [-0.3, -0.25) is 9.59 Å². The van der Waals surface area contributed by atoms with Gasteiger partial charge in [0.15, 0.2) is 0 Å². The molecule has 1 aliphatic rings. The van der Waals surface area contributed by atoms with E-state index < -0.39 is 17.9 Å². The van der Waals surface area contributed by atoms with Crippen molar-refractivity contribution in [3.05, 3.63) is 33.2 Å². The van der Waals surface area contributed by atoms with Gasteiger partial charge in [0.1, 0.15) is 11.6 Å². The first kappa shape index (κ1) is 21.2. The second kappa shape index (κ2) is 9.20. The molecule has 1 aromatic heterocycles. The monoisotopic (exact) mass is 376 g/mol. The Hall–Kier alpha value is -2.11. The van der Waals surface area contributed by atoms with Crippen molar-refractivity contribution in [3.63, 3.8) is 0 Å². The third-order valence-electron chi connectivity index (χ3n) is 5.99. The average Bonchev–Trinajstić information content (AvgIpc) is 2.65. The summed E-state index contributed by atoms with van der Waals surface area (Å²) in [6.45, 7) is 8.06. The van der Waals surface area contributed by atoms with Crippen molar-refractivity contribution in [2.24, 2.45) is 11.8 Å². The maximum atomic E-state index is 13.0. The Balaban J connectivity index is 2.32. The van der Waals surface area contributed by atoms with Gasteiger partial charge in [0, 0.05) is 12.2 Å². The summed E-state index contributed by atoms with van der Waals surface area (Å²) in [5.41, 5.74) is 1.45.